The largest absolute Gasteiger partial charge is 0.497 e. The number of halogens is 3. The van der Waals surface area contributed by atoms with Crippen LogP contribution < -0.4 is 10.1 Å². The van der Waals surface area contributed by atoms with E-state index in [1.54, 1.807) is 7.11 Å². The van der Waals surface area contributed by atoms with E-state index in [9.17, 15) is 23.1 Å². The van der Waals surface area contributed by atoms with Gasteiger partial charge in [0.25, 0.3) is 5.91 Å². The topological polar surface area (TPSA) is 65.0 Å². The lowest BCUT2D eigenvalue weighted by Gasteiger charge is -2.35. The van der Waals surface area contributed by atoms with Crippen molar-refractivity contribution >= 4 is 16.7 Å². The Kier molecular flexibility index (Phi) is 8.13. The zero-order valence-electron chi connectivity index (χ0n) is 20.1. The number of ether oxygens (including phenoxy) is 1. The summed E-state index contributed by atoms with van der Waals surface area (Å²) in [6, 6.07) is 16.1. The van der Waals surface area contributed by atoms with Gasteiger partial charge < -0.3 is 15.2 Å². The molecule has 0 aliphatic carbocycles. The molecule has 1 atom stereocenters. The van der Waals surface area contributed by atoms with E-state index in [0.717, 1.165) is 60.4 Å². The molecule has 0 spiro atoms. The number of nitrogens with one attached hydrogen (secondary N) is 1. The first-order valence-electron chi connectivity index (χ1n) is 11.9. The smallest absolute Gasteiger partial charge is 0.416 e. The van der Waals surface area contributed by atoms with E-state index in [2.05, 4.69) is 15.1 Å². The second-order valence-electron chi connectivity index (χ2n) is 8.93. The first kappa shape index (κ1) is 25.9. The molecule has 9 heteroatoms. The Bertz CT molecular complexity index is 1190. The van der Waals surface area contributed by atoms with Crippen LogP contribution >= 0.6 is 0 Å². The summed E-state index contributed by atoms with van der Waals surface area (Å²) in [5, 5.41) is 15.7. The summed E-state index contributed by atoms with van der Waals surface area (Å²) in [5.74, 6) is 0.227. The summed E-state index contributed by atoms with van der Waals surface area (Å²) in [4.78, 5) is 16.7. The highest BCUT2D eigenvalue weighted by Crippen LogP contribution is 2.30. The lowest BCUT2D eigenvalue weighted by Crippen LogP contribution is -2.49. The molecule has 1 aliphatic heterocycles. The van der Waals surface area contributed by atoms with Crippen molar-refractivity contribution < 1.29 is 27.8 Å². The van der Waals surface area contributed by atoms with Crippen molar-refractivity contribution in [2.45, 2.75) is 12.3 Å². The van der Waals surface area contributed by atoms with Gasteiger partial charge >= 0.3 is 6.18 Å². The monoisotopic (exact) mass is 501 g/mol. The number of carbonyl (C=O) groups excluding carboxylic acids is 1. The fraction of sp³-hybridized carbons (Fsp3) is 0.370. The van der Waals surface area contributed by atoms with Gasteiger partial charge in [0.2, 0.25) is 0 Å². The minimum Gasteiger partial charge on any atom is -0.497 e. The number of benzene rings is 3. The number of piperazine rings is 1. The van der Waals surface area contributed by atoms with Crippen molar-refractivity contribution in [1.29, 1.82) is 0 Å². The highest BCUT2D eigenvalue weighted by Gasteiger charge is 2.31. The summed E-state index contributed by atoms with van der Waals surface area (Å²) in [6.07, 6.45) is -5.12. The minimum absolute atomic E-state index is 0.00492. The van der Waals surface area contributed by atoms with E-state index in [4.69, 9.17) is 4.74 Å². The van der Waals surface area contributed by atoms with Gasteiger partial charge in [-0.1, -0.05) is 30.3 Å². The Morgan fingerprint density at radius 2 is 1.75 bits per heavy atom. The summed E-state index contributed by atoms with van der Waals surface area (Å²) >= 11 is 0. The van der Waals surface area contributed by atoms with Gasteiger partial charge in [0, 0.05) is 51.4 Å². The number of hydrogen-bond donors (Lipinski definition) is 2. The Morgan fingerprint density at radius 3 is 2.47 bits per heavy atom. The van der Waals surface area contributed by atoms with Gasteiger partial charge in [-0.15, -0.1) is 0 Å². The van der Waals surface area contributed by atoms with E-state index in [0.29, 0.717) is 19.6 Å². The van der Waals surface area contributed by atoms with E-state index in [1.807, 2.05) is 36.4 Å². The molecule has 0 unspecified atom stereocenters. The van der Waals surface area contributed by atoms with Crippen LogP contribution in [0.1, 0.15) is 27.6 Å². The standard InChI is InChI=1S/C27H30F3N3O3/c1-36-22-9-8-19-4-3-7-23(24(19)17-22)25(34)18-33-14-12-32(13-15-33)11-10-31-26(35)20-5-2-6-21(16-20)27(28,29)30/h2-9,16-17,25,34H,10-15,18H2,1H3,(H,31,35)/t25-/m0/s1. The minimum atomic E-state index is -4.48. The predicted molar refractivity (Wildman–Crippen MR) is 132 cm³/mol. The summed E-state index contributed by atoms with van der Waals surface area (Å²) in [7, 11) is 1.62. The first-order valence-corrected chi connectivity index (χ1v) is 11.9. The molecule has 6 nitrogen and oxygen atoms in total. The molecule has 1 fully saturated rings. The zero-order valence-corrected chi connectivity index (χ0v) is 20.1. The lowest BCUT2D eigenvalue weighted by atomic mass is 9.99. The number of aliphatic hydroxyl groups is 1. The second-order valence-corrected chi connectivity index (χ2v) is 8.93. The molecule has 4 rings (SSSR count). The van der Waals surface area contributed by atoms with Gasteiger partial charge in [-0.3, -0.25) is 14.6 Å². The molecule has 0 aromatic heterocycles. The summed E-state index contributed by atoms with van der Waals surface area (Å²) < 4.78 is 44.0. The third kappa shape index (κ3) is 6.34. The van der Waals surface area contributed by atoms with E-state index >= 15 is 0 Å². The molecule has 3 aromatic rings. The first-order chi connectivity index (χ1) is 17.2. The Hall–Kier alpha value is -3.14. The zero-order chi connectivity index (χ0) is 25.7. The Morgan fingerprint density at radius 1 is 1.03 bits per heavy atom. The van der Waals surface area contributed by atoms with Crippen molar-refractivity contribution in [3.8, 4) is 5.75 Å². The van der Waals surface area contributed by atoms with Crippen LogP contribution in [0.25, 0.3) is 10.8 Å². The van der Waals surface area contributed by atoms with Gasteiger partial charge in [0.1, 0.15) is 5.75 Å². The van der Waals surface area contributed by atoms with E-state index < -0.39 is 23.8 Å². The van der Waals surface area contributed by atoms with Gasteiger partial charge in [0.05, 0.1) is 18.8 Å². The van der Waals surface area contributed by atoms with E-state index in [-0.39, 0.29) is 5.56 Å². The highest BCUT2D eigenvalue weighted by molar-refractivity contribution is 5.94. The fourth-order valence-corrected chi connectivity index (χ4v) is 4.50. The fourth-order valence-electron chi connectivity index (χ4n) is 4.50. The molecule has 1 saturated heterocycles. The molecule has 192 valence electrons. The molecule has 36 heavy (non-hydrogen) atoms. The molecule has 1 aliphatic rings. The second kappa shape index (κ2) is 11.3. The SMILES string of the molecule is COc1ccc2cccc([C@@H](O)CN3CCN(CCNC(=O)c4cccc(C(F)(F)F)c4)CC3)c2c1. The molecule has 0 bridgehead atoms. The maximum absolute atomic E-state index is 12.9. The number of fused-ring (bicyclic) bond motifs is 1. The summed E-state index contributed by atoms with van der Waals surface area (Å²) in [5.41, 5.74) is 0.0249. The van der Waals surface area contributed by atoms with E-state index in [1.165, 1.54) is 12.1 Å². The van der Waals surface area contributed by atoms with Crippen LogP contribution in [0.15, 0.2) is 60.7 Å². The van der Waals surface area contributed by atoms with Crippen LogP contribution in [0.3, 0.4) is 0 Å². The number of rotatable bonds is 8. The number of nitrogens with zero attached hydrogens (tertiary/aromatic N) is 2. The third-order valence-electron chi connectivity index (χ3n) is 6.54. The molecule has 3 aromatic carbocycles. The van der Waals surface area contributed by atoms with Crippen LogP contribution in [0, 0.1) is 0 Å². The number of methoxy groups -OCH3 is 1. The quantitative estimate of drug-likeness (QED) is 0.490. The Balaban J connectivity index is 1.24. The van der Waals surface area contributed by atoms with Crippen molar-refractivity contribution in [3.05, 3.63) is 77.4 Å². The van der Waals surface area contributed by atoms with Crippen molar-refractivity contribution in [2.24, 2.45) is 0 Å². The molecule has 2 N–H and O–H groups in total. The van der Waals surface area contributed by atoms with Gasteiger partial charge in [-0.05, 0) is 46.7 Å². The number of alkyl halides is 3. The molecule has 0 radical (unpaired) electrons. The maximum atomic E-state index is 12.9. The summed E-state index contributed by atoms with van der Waals surface area (Å²) in [6.45, 7) is 4.54. The van der Waals surface area contributed by atoms with Gasteiger partial charge in [-0.2, -0.15) is 13.2 Å². The highest BCUT2D eigenvalue weighted by atomic mass is 19.4. The lowest BCUT2D eigenvalue weighted by molar-refractivity contribution is -0.137. The maximum Gasteiger partial charge on any atom is 0.416 e. The average Bonchev–Trinajstić information content (AvgIpc) is 2.88. The molecule has 1 heterocycles. The number of amides is 1. The van der Waals surface area contributed by atoms with Crippen molar-refractivity contribution in [3.63, 3.8) is 0 Å². The van der Waals surface area contributed by atoms with Crippen LogP contribution in [0.5, 0.6) is 5.75 Å². The molecule has 0 saturated carbocycles. The number of hydrogen-bond acceptors (Lipinski definition) is 5. The van der Waals surface area contributed by atoms with Crippen LogP contribution in [0.2, 0.25) is 0 Å². The Labute approximate surface area is 208 Å². The van der Waals surface area contributed by atoms with Crippen LogP contribution in [0.4, 0.5) is 13.2 Å². The molecule has 1 amide bonds. The van der Waals surface area contributed by atoms with Gasteiger partial charge in [-0.25, -0.2) is 0 Å². The van der Waals surface area contributed by atoms with Crippen LogP contribution in [-0.2, 0) is 6.18 Å². The number of β-amino-alcohol motifs (C(OH)–C–C–N with tert-alkyl or cyclic N) is 1. The molecular formula is C27H30F3N3O3. The van der Waals surface area contributed by atoms with Crippen molar-refractivity contribution in [1.82, 2.24) is 15.1 Å². The number of carbonyl (C=O) groups is 1. The third-order valence-corrected chi connectivity index (χ3v) is 6.54. The van der Waals surface area contributed by atoms with Gasteiger partial charge in [0.15, 0.2) is 0 Å². The predicted octanol–water partition coefficient (Wildman–Crippen LogP) is 3.95. The average molecular weight is 502 g/mol. The normalized spacial score (nSPS) is 16.1. The van der Waals surface area contributed by atoms with Crippen molar-refractivity contribution in [2.75, 3.05) is 52.9 Å². The van der Waals surface area contributed by atoms with Crippen LogP contribution in [-0.4, -0.2) is 73.7 Å². The number of aliphatic hydroxyl groups excluding tert-OH is 1. The molecular weight excluding hydrogens is 471 g/mol.